The molecule has 1 amide bonds. The van der Waals surface area contributed by atoms with Crippen molar-refractivity contribution in [3.05, 3.63) is 48.9 Å². The van der Waals surface area contributed by atoms with Crippen molar-refractivity contribution in [3.8, 4) is 22.5 Å². The molecule has 4 heterocycles. The highest BCUT2D eigenvalue weighted by Gasteiger charge is 2.20. The van der Waals surface area contributed by atoms with E-state index in [1.807, 2.05) is 55.5 Å². The summed E-state index contributed by atoms with van der Waals surface area (Å²) in [5, 5.41) is 2.94. The van der Waals surface area contributed by atoms with Gasteiger partial charge in [0.15, 0.2) is 11.6 Å². The first-order chi connectivity index (χ1) is 17.5. The molecule has 5 rings (SSSR count). The van der Waals surface area contributed by atoms with E-state index in [0.29, 0.717) is 55.3 Å². The lowest BCUT2D eigenvalue weighted by Crippen LogP contribution is -2.37. The second-order valence-electron chi connectivity index (χ2n) is 8.76. The first kappa shape index (κ1) is 23.5. The zero-order chi connectivity index (χ0) is 25.1. The van der Waals surface area contributed by atoms with Crippen LogP contribution in [-0.4, -0.2) is 82.7 Å². The number of ether oxygens (including phenoxy) is 1. The van der Waals surface area contributed by atoms with E-state index in [2.05, 4.69) is 20.2 Å². The van der Waals surface area contributed by atoms with E-state index in [9.17, 15) is 4.79 Å². The molecule has 3 aromatic heterocycles. The maximum atomic E-state index is 12.2. The number of anilines is 3. The Labute approximate surface area is 208 Å². The standard InChI is InChI=1S/C25H27N9O2/c1-33(2)15-21(35)30-19-5-3-4-16(10-19)17-11-20-22(27-12-17)24(34-6-8-36-9-7-34)32-23(31-20)18-13-28-25(26)29-14-18/h3-5,10-14H,6-9,15H2,1-2H3,(H,30,35)(H2,26,28,29). The number of amides is 1. The second-order valence-corrected chi connectivity index (χ2v) is 8.76. The van der Waals surface area contributed by atoms with Gasteiger partial charge in [0.05, 0.1) is 30.8 Å². The van der Waals surface area contributed by atoms with Crippen LogP contribution in [0.2, 0.25) is 0 Å². The topological polar surface area (TPSA) is 135 Å². The van der Waals surface area contributed by atoms with Gasteiger partial charge in [-0.25, -0.2) is 19.9 Å². The number of rotatable bonds is 6. The molecule has 0 unspecified atom stereocenters. The molecule has 0 saturated carbocycles. The number of nitrogens with one attached hydrogen (secondary N) is 1. The highest BCUT2D eigenvalue weighted by molar-refractivity contribution is 5.94. The van der Waals surface area contributed by atoms with Gasteiger partial charge in [-0.05, 0) is 37.9 Å². The fourth-order valence-corrected chi connectivity index (χ4v) is 4.00. The van der Waals surface area contributed by atoms with E-state index in [1.54, 1.807) is 12.4 Å². The number of fused-ring (bicyclic) bond motifs is 1. The SMILES string of the molecule is CN(C)CC(=O)Nc1cccc(-c2cnc3c(N4CCOCC4)nc(-c4cnc(N)nc4)nc3c2)c1. The van der Waals surface area contributed by atoms with Gasteiger partial charge in [0.1, 0.15) is 5.52 Å². The van der Waals surface area contributed by atoms with Crippen molar-refractivity contribution >= 4 is 34.4 Å². The monoisotopic (exact) mass is 485 g/mol. The minimum atomic E-state index is -0.0768. The normalized spacial score (nSPS) is 13.8. The van der Waals surface area contributed by atoms with E-state index < -0.39 is 0 Å². The van der Waals surface area contributed by atoms with E-state index in [4.69, 9.17) is 25.4 Å². The molecular formula is C25H27N9O2. The molecule has 0 radical (unpaired) electrons. The number of hydrogen-bond donors (Lipinski definition) is 2. The predicted octanol–water partition coefficient (Wildman–Crippen LogP) is 2.07. The number of nitrogens with two attached hydrogens (primary N) is 1. The lowest BCUT2D eigenvalue weighted by molar-refractivity contribution is -0.116. The summed E-state index contributed by atoms with van der Waals surface area (Å²) in [4.78, 5) is 38.8. The number of carbonyl (C=O) groups is 1. The van der Waals surface area contributed by atoms with Gasteiger partial charge in [-0.3, -0.25) is 9.78 Å². The molecule has 1 saturated heterocycles. The van der Waals surface area contributed by atoms with Crippen molar-refractivity contribution in [2.45, 2.75) is 0 Å². The van der Waals surface area contributed by atoms with E-state index in [-0.39, 0.29) is 11.9 Å². The number of carbonyl (C=O) groups excluding carboxylic acids is 1. The first-order valence-corrected chi connectivity index (χ1v) is 11.6. The van der Waals surface area contributed by atoms with Gasteiger partial charge in [0.25, 0.3) is 0 Å². The van der Waals surface area contributed by atoms with Crippen molar-refractivity contribution in [1.82, 2.24) is 29.8 Å². The minimum Gasteiger partial charge on any atom is -0.378 e. The van der Waals surface area contributed by atoms with Crippen LogP contribution in [-0.2, 0) is 9.53 Å². The molecule has 1 fully saturated rings. The average molecular weight is 486 g/mol. The summed E-state index contributed by atoms with van der Waals surface area (Å²) in [5.74, 6) is 1.35. The third-order valence-corrected chi connectivity index (χ3v) is 5.70. The summed E-state index contributed by atoms with van der Waals surface area (Å²) < 4.78 is 5.53. The largest absolute Gasteiger partial charge is 0.378 e. The summed E-state index contributed by atoms with van der Waals surface area (Å²) in [5.41, 5.74) is 10.2. The highest BCUT2D eigenvalue weighted by atomic mass is 16.5. The molecule has 0 aliphatic carbocycles. The summed E-state index contributed by atoms with van der Waals surface area (Å²) in [7, 11) is 3.71. The second kappa shape index (κ2) is 10.2. The number of benzene rings is 1. The number of nitrogens with zero attached hydrogens (tertiary/aromatic N) is 7. The Kier molecular flexibility index (Phi) is 6.65. The van der Waals surface area contributed by atoms with Gasteiger partial charge < -0.3 is 25.6 Å². The number of aromatic nitrogens is 5. The van der Waals surface area contributed by atoms with Crippen molar-refractivity contribution in [2.24, 2.45) is 0 Å². The van der Waals surface area contributed by atoms with Crippen LogP contribution in [0.15, 0.2) is 48.9 Å². The zero-order valence-corrected chi connectivity index (χ0v) is 20.2. The number of hydrogen-bond acceptors (Lipinski definition) is 10. The summed E-state index contributed by atoms with van der Waals surface area (Å²) in [6, 6.07) is 9.65. The molecule has 0 spiro atoms. The molecule has 11 nitrogen and oxygen atoms in total. The van der Waals surface area contributed by atoms with E-state index in [0.717, 1.165) is 22.6 Å². The maximum Gasteiger partial charge on any atom is 0.238 e. The van der Waals surface area contributed by atoms with Crippen molar-refractivity contribution < 1.29 is 9.53 Å². The lowest BCUT2D eigenvalue weighted by atomic mass is 10.1. The molecule has 1 aliphatic heterocycles. The van der Waals surface area contributed by atoms with E-state index in [1.165, 1.54) is 0 Å². The van der Waals surface area contributed by atoms with Gasteiger partial charge in [-0.1, -0.05) is 12.1 Å². The smallest absolute Gasteiger partial charge is 0.238 e. The molecule has 11 heteroatoms. The molecule has 36 heavy (non-hydrogen) atoms. The highest BCUT2D eigenvalue weighted by Crippen LogP contribution is 2.30. The van der Waals surface area contributed by atoms with Crippen LogP contribution in [0.25, 0.3) is 33.5 Å². The van der Waals surface area contributed by atoms with Gasteiger partial charge in [0, 0.05) is 42.9 Å². The van der Waals surface area contributed by atoms with Crippen molar-refractivity contribution in [3.63, 3.8) is 0 Å². The molecule has 184 valence electrons. The van der Waals surface area contributed by atoms with Gasteiger partial charge in [-0.2, -0.15) is 0 Å². The predicted molar refractivity (Wildman–Crippen MR) is 138 cm³/mol. The Morgan fingerprint density at radius 3 is 2.53 bits per heavy atom. The van der Waals surface area contributed by atoms with Gasteiger partial charge in [0.2, 0.25) is 11.9 Å². The molecule has 1 aromatic carbocycles. The quantitative estimate of drug-likeness (QED) is 0.418. The Morgan fingerprint density at radius 2 is 1.78 bits per heavy atom. The Bertz CT molecular complexity index is 1390. The summed E-state index contributed by atoms with van der Waals surface area (Å²) in [6.45, 7) is 2.97. The molecule has 0 bridgehead atoms. The molecule has 4 aromatic rings. The fraction of sp³-hybridized carbons (Fsp3) is 0.280. The lowest BCUT2D eigenvalue weighted by Gasteiger charge is -2.28. The molecule has 3 N–H and O–H groups in total. The zero-order valence-electron chi connectivity index (χ0n) is 20.2. The summed E-state index contributed by atoms with van der Waals surface area (Å²) in [6.07, 6.45) is 5.04. The number of morpholine rings is 1. The van der Waals surface area contributed by atoms with Crippen LogP contribution in [0.4, 0.5) is 17.5 Å². The van der Waals surface area contributed by atoms with Crippen LogP contribution in [0, 0.1) is 0 Å². The molecule has 0 atom stereocenters. The van der Waals surface area contributed by atoms with Crippen LogP contribution < -0.4 is 16.0 Å². The van der Waals surface area contributed by atoms with Gasteiger partial charge in [-0.15, -0.1) is 0 Å². The van der Waals surface area contributed by atoms with Crippen molar-refractivity contribution in [2.75, 3.05) is 62.9 Å². The number of likely N-dealkylation sites (N-methyl/N-ethyl adjacent to an activating group) is 1. The van der Waals surface area contributed by atoms with E-state index >= 15 is 0 Å². The van der Waals surface area contributed by atoms with Crippen LogP contribution in [0.1, 0.15) is 0 Å². The first-order valence-electron chi connectivity index (χ1n) is 11.6. The fourth-order valence-electron chi connectivity index (χ4n) is 4.00. The van der Waals surface area contributed by atoms with Crippen molar-refractivity contribution in [1.29, 1.82) is 0 Å². The molecular weight excluding hydrogens is 458 g/mol. The van der Waals surface area contributed by atoms with Crippen LogP contribution in [0.5, 0.6) is 0 Å². The third-order valence-electron chi connectivity index (χ3n) is 5.70. The Morgan fingerprint density at radius 1 is 1.03 bits per heavy atom. The number of pyridine rings is 1. The Hall–Kier alpha value is -4.22. The maximum absolute atomic E-state index is 12.2. The average Bonchev–Trinajstić information content (AvgIpc) is 2.88. The van der Waals surface area contributed by atoms with Gasteiger partial charge >= 0.3 is 0 Å². The number of nitrogen functional groups attached to an aromatic ring is 1. The Balaban J connectivity index is 1.55. The minimum absolute atomic E-state index is 0.0768. The third kappa shape index (κ3) is 5.21. The van der Waals surface area contributed by atoms with Crippen LogP contribution >= 0.6 is 0 Å². The van der Waals surface area contributed by atoms with Crippen LogP contribution in [0.3, 0.4) is 0 Å². The summed E-state index contributed by atoms with van der Waals surface area (Å²) >= 11 is 0. The molecule has 1 aliphatic rings.